The van der Waals surface area contributed by atoms with Crippen molar-refractivity contribution in [2.75, 3.05) is 0 Å². The number of aromatic nitrogens is 1. The van der Waals surface area contributed by atoms with Crippen LogP contribution in [0.25, 0.3) is 5.69 Å². The SMILES string of the molecule is Cc1ccccc1N=Cc1cc(C)n(-c2ccc(F)cc2)c1C. The highest BCUT2D eigenvalue weighted by Gasteiger charge is 2.09. The third kappa shape index (κ3) is 3.09. The van der Waals surface area contributed by atoms with E-state index in [9.17, 15) is 4.39 Å². The number of aliphatic imine (C=N–C) groups is 1. The van der Waals surface area contributed by atoms with Crippen molar-refractivity contribution >= 4 is 11.9 Å². The number of aryl methyl sites for hydroxylation is 2. The minimum atomic E-state index is -0.224. The average Bonchev–Trinajstić information content (AvgIpc) is 2.82. The topological polar surface area (TPSA) is 17.3 Å². The van der Waals surface area contributed by atoms with Crippen molar-refractivity contribution in [3.05, 3.63) is 82.9 Å². The van der Waals surface area contributed by atoms with Gasteiger partial charge >= 0.3 is 0 Å². The Hall–Kier alpha value is -2.68. The second-order valence-electron chi connectivity index (χ2n) is 5.68. The van der Waals surface area contributed by atoms with Crippen molar-refractivity contribution < 1.29 is 4.39 Å². The lowest BCUT2D eigenvalue weighted by Gasteiger charge is -2.09. The van der Waals surface area contributed by atoms with E-state index in [1.807, 2.05) is 31.3 Å². The van der Waals surface area contributed by atoms with Gasteiger partial charge in [-0.15, -0.1) is 0 Å². The number of nitrogens with zero attached hydrogens (tertiary/aromatic N) is 2. The lowest BCUT2D eigenvalue weighted by molar-refractivity contribution is 0.627. The van der Waals surface area contributed by atoms with Gasteiger partial charge in [-0.2, -0.15) is 0 Å². The Morgan fingerprint density at radius 3 is 2.35 bits per heavy atom. The third-order valence-electron chi connectivity index (χ3n) is 4.01. The highest BCUT2D eigenvalue weighted by molar-refractivity contribution is 5.84. The quantitative estimate of drug-likeness (QED) is 0.585. The van der Waals surface area contributed by atoms with E-state index in [4.69, 9.17) is 0 Å². The summed E-state index contributed by atoms with van der Waals surface area (Å²) < 4.78 is 15.2. The molecule has 0 spiro atoms. The van der Waals surface area contributed by atoms with Crippen molar-refractivity contribution in [1.29, 1.82) is 0 Å². The molecule has 0 aliphatic heterocycles. The highest BCUT2D eigenvalue weighted by atomic mass is 19.1. The van der Waals surface area contributed by atoms with Crippen molar-refractivity contribution in [3.63, 3.8) is 0 Å². The third-order valence-corrected chi connectivity index (χ3v) is 4.01. The molecule has 0 radical (unpaired) electrons. The summed E-state index contributed by atoms with van der Waals surface area (Å²) in [6.07, 6.45) is 1.89. The van der Waals surface area contributed by atoms with Crippen LogP contribution in [0.3, 0.4) is 0 Å². The van der Waals surface area contributed by atoms with Crippen molar-refractivity contribution in [2.45, 2.75) is 20.8 Å². The van der Waals surface area contributed by atoms with Gasteiger partial charge in [0.05, 0.1) is 5.69 Å². The summed E-state index contributed by atoms with van der Waals surface area (Å²) in [7, 11) is 0. The maximum atomic E-state index is 13.1. The van der Waals surface area contributed by atoms with Gasteiger partial charge in [-0.05, 0) is 62.7 Å². The van der Waals surface area contributed by atoms with Crippen molar-refractivity contribution in [1.82, 2.24) is 4.57 Å². The number of rotatable bonds is 3. The van der Waals surface area contributed by atoms with E-state index in [1.54, 1.807) is 12.1 Å². The molecule has 0 unspecified atom stereocenters. The van der Waals surface area contributed by atoms with E-state index < -0.39 is 0 Å². The lowest BCUT2D eigenvalue weighted by atomic mass is 10.2. The molecule has 23 heavy (non-hydrogen) atoms. The van der Waals surface area contributed by atoms with Gasteiger partial charge in [-0.1, -0.05) is 18.2 Å². The molecule has 0 atom stereocenters. The fourth-order valence-corrected chi connectivity index (χ4v) is 2.75. The Morgan fingerprint density at radius 2 is 1.65 bits per heavy atom. The minimum absolute atomic E-state index is 0.224. The molecule has 0 N–H and O–H groups in total. The van der Waals surface area contributed by atoms with E-state index in [0.29, 0.717) is 0 Å². The summed E-state index contributed by atoms with van der Waals surface area (Å²) in [5.74, 6) is -0.224. The van der Waals surface area contributed by atoms with Gasteiger partial charge in [0.25, 0.3) is 0 Å². The average molecular weight is 306 g/mol. The van der Waals surface area contributed by atoms with Gasteiger partial charge in [0.2, 0.25) is 0 Å². The van der Waals surface area contributed by atoms with E-state index in [2.05, 4.69) is 35.5 Å². The van der Waals surface area contributed by atoms with Crippen LogP contribution in [0.2, 0.25) is 0 Å². The molecule has 1 aromatic heterocycles. The molecule has 0 aliphatic carbocycles. The fourth-order valence-electron chi connectivity index (χ4n) is 2.75. The van der Waals surface area contributed by atoms with Crippen LogP contribution in [-0.2, 0) is 0 Å². The first kappa shape index (κ1) is 15.2. The Morgan fingerprint density at radius 1 is 0.957 bits per heavy atom. The van der Waals surface area contributed by atoms with Crippen LogP contribution >= 0.6 is 0 Å². The number of hydrogen-bond donors (Lipinski definition) is 0. The van der Waals surface area contributed by atoms with Crippen LogP contribution < -0.4 is 0 Å². The zero-order valence-electron chi connectivity index (χ0n) is 13.5. The van der Waals surface area contributed by atoms with Crippen LogP contribution in [0.4, 0.5) is 10.1 Å². The number of benzene rings is 2. The Kier molecular flexibility index (Phi) is 4.11. The molecule has 0 amide bonds. The summed E-state index contributed by atoms with van der Waals surface area (Å²) in [6, 6.07) is 16.7. The monoisotopic (exact) mass is 306 g/mol. The number of halogens is 1. The summed E-state index contributed by atoms with van der Waals surface area (Å²) in [5.41, 5.74) is 6.33. The van der Waals surface area contributed by atoms with Crippen LogP contribution in [0.1, 0.15) is 22.5 Å². The molecule has 0 bridgehead atoms. The number of para-hydroxylation sites is 1. The van der Waals surface area contributed by atoms with E-state index in [0.717, 1.165) is 33.9 Å². The van der Waals surface area contributed by atoms with Crippen LogP contribution in [0, 0.1) is 26.6 Å². The summed E-state index contributed by atoms with van der Waals surface area (Å²) >= 11 is 0. The second-order valence-corrected chi connectivity index (χ2v) is 5.68. The predicted molar refractivity (Wildman–Crippen MR) is 93.6 cm³/mol. The fraction of sp³-hybridized carbons (Fsp3) is 0.150. The first-order chi connectivity index (χ1) is 11.1. The predicted octanol–water partition coefficient (Wildman–Crippen LogP) is 5.29. The van der Waals surface area contributed by atoms with Crippen molar-refractivity contribution in [2.24, 2.45) is 4.99 Å². The zero-order chi connectivity index (χ0) is 16.4. The largest absolute Gasteiger partial charge is 0.318 e. The van der Waals surface area contributed by atoms with Gasteiger partial charge in [-0.25, -0.2) is 4.39 Å². The minimum Gasteiger partial charge on any atom is -0.318 e. The molecule has 116 valence electrons. The highest BCUT2D eigenvalue weighted by Crippen LogP contribution is 2.22. The normalized spacial score (nSPS) is 11.3. The van der Waals surface area contributed by atoms with Gasteiger partial charge in [0, 0.05) is 28.9 Å². The molecule has 1 heterocycles. The van der Waals surface area contributed by atoms with E-state index >= 15 is 0 Å². The molecule has 0 saturated carbocycles. The second kappa shape index (κ2) is 6.21. The summed E-state index contributed by atoms with van der Waals surface area (Å²) in [5, 5.41) is 0. The Bertz CT molecular complexity index is 858. The molecule has 0 saturated heterocycles. The molecule has 3 rings (SSSR count). The van der Waals surface area contributed by atoms with Gasteiger partial charge < -0.3 is 4.57 Å². The molecule has 2 nitrogen and oxygen atoms in total. The van der Waals surface area contributed by atoms with Crippen LogP contribution in [-0.4, -0.2) is 10.8 Å². The maximum Gasteiger partial charge on any atom is 0.123 e. The smallest absolute Gasteiger partial charge is 0.123 e. The molecule has 2 aromatic carbocycles. The van der Waals surface area contributed by atoms with E-state index in [1.165, 1.54) is 12.1 Å². The Balaban J connectivity index is 1.98. The van der Waals surface area contributed by atoms with E-state index in [-0.39, 0.29) is 5.82 Å². The zero-order valence-corrected chi connectivity index (χ0v) is 13.5. The molecule has 0 fully saturated rings. The van der Waals surface area contributed by atoms with Gasteiger partial charge in [-0.3, -0.25) is 4.99 Å². The Labute approximate surface area is 135 Å². The molecular weight excluding hydrogens is 287 g/mol. The molecular formula is C20H19FN2. The maximum absolute atomic E-state index is 13.1. The summed E-state index contributed by atoms with van der Waals surface area (Å²) in [4.78, 5) is 4.60. The molecule has 3 aromatic rings. The van der Waals surface area contributed by atoms with Gasteiger partial charge in [0.15, 0.2) is 0 Å². The summed E-state index contributed by atoms with van der Waals surface area (Å²) in [6.45, 7) is 6.14. The number of hydrogen-bond acceptors (Lipinski definition) is 1. The van der Waals surface area contributed by atoms with Crippen molar-refractivity contribution in [3.8, 4) is 5.69 Å². The van der Waals surface area contributed by atoms with Crippen LogP contribution in [0.15, 0.2) is 59.6 Å². The molecule has 0 aliphatic rings. The van der Waals surface area contributed by atoms with Gasteiger partial charge in [0.1, 0.15) is 5.82 Å². The standard InChI is InChI=1S/C20H19FN2/c1-14-6-4-5-7-20(14)22-13-17-12-15(2)23(16(17)3)19-10-8-18(21)9-11-19/h4-13H,1-3H3. The van der Waals surface area contributed by atoms with Crippen LogP contribution in [0.5, 0.6) is 0 Å². The first-order valence-corrected chi connectivity index (χ1v) is 7.61. The molecule has 3 heteroatoms. The lowest BCUT2D eigenvalue weighted by Crippen LogP contribution is -1.99. The first-order valence-electron chi connectivity index (χ1n) is 7.61.